The summed E-state index contributed by atoms with van der Waals surface area (Å²) < 4.78 is 11.1. The molecule has 1 N–H and O–H groups in total. The Kier molecular flexibility index (Phi) is 5.99. The van der Waals surface area contributed by atoms with Crippen molar-refractivity contribution in [2.24, 2.45) is 0 Å². The number of piperazine rings is 1. The number of amides is 2. The lowest BCUT2D eigenvalue weighted by Gasteiger charge is -2.37. The molecule has 2 aromatic rings. The van der Waals surface area contributed by atoms with Crippen LogP contribution < -0.4 is 19.7 Å². The summed E-state index contributed by atoms with van der Waals surface area (Å²) in [4.78, 5) is 28.8. The molecule has 30 heavy (non-hydrogen) atoms. The topological polar surface area (TPSA) is 71.1 Å². The zero-order valence-electron chi connectivity index (χ0n) is 16.8. The molecule has 0 aromatic heterocycles. The van der Waals surface area contributed by atoms with Crippen LogP contribution >= 0.6 is 11.6 Å². The van der Waals surface area contributed by atoms with E-state index < -0.39 is 0 Å². The van der Waals surface area contributed by atoms with Crippen molar-refractivity contribution in [2.45, 2.75) is 13.3 Å². The predicted octanol–water partition coefficient (Wildman–Crippen LogP) is 3.42. The van der Waals surface area contributed by atoms with E-state index >= 15 is 0 Å². The lowest BCUT2D eigenvalue weighted by Crippen LogP contribution is -2.48. The van der Waals surface area contributed by atoms with Gasteiger partial charge in [0.25, 0.3) is 5.91 Å². The summed E-state index contributed by atoms with van der Waals surface area (Å²) in [6.45, 7) is 5.41. The van der Waals surface area contributed by atoms with Crippen molar-refractivity contribution in [1.82, 2.24) is 4.90 Å². The Hall–Kier alpha value is -2.93. The van der Waals surface area contributed by atoms with E-state index in [1.54, 1.807) is 24.3 Å². The number of benzene rings is 2. The standard InChI is InChI=1S/C22H24ClN3O4/c1-2-20(27)25-8-10-26(11-9-25)21-16(23)4-3-5-17(21)24-22(28)15-6-7-18-19(14-15)30-13-12-29-18/h3-7,14H,2,8-13H2,1H3,(H,24,28). The Morgan fingerprint density at radius 3 is 2.50 bits per heavy atom. The fourth-order valence-corrected chi connectivity index (χ4v) is 4.01. The maximum absolute atomic E-state index is 12.9. The molecule has 0 aliphatic carbocycles. The molecule has 8 heteroatoms. The number of hydrogen-bond donors (Lipinski definition) is 1. The Labute approximate surface area is 180 Å². The second kappa shape index (κ2) is 8.83. The van der Waals surface area contributed by atoms with E-state index in [1.165, 1.54) is 0 Å². The van der Waals surface area contributed by atoms with E-state index in [1.807, 2.05) is 24.0 Å². The van der Waals surface area contributed by atoms with Crippen molar-refractivity contribution in [3.8, 4) is 11.5 Å². The Balaban J connectivity index is 1.52. The van der Waals surface area contributed by atoms with Gasteiger partial charge in [-0.25, -0.2) is 0 Å². The molecule has 0 radical (unpaired) electrons. The molecule has 7 nitrogen and oxygen atoms in total. The highest BCUT2D eigenvalue weighted by Crippen LogP contribution is 2.36. The van der Waals surface area contributed by atoms with Crippen molar-refractivity contribution in [1.29, 1.82) is 0 Å². The van der Waals surface area contributed by atoms with Gasteiger partial charge in [0, 0.05) is 38.2 Å². The van der Waals surface area contributed by atoms with Crippen LogP contribution in [0.4, 0.5) is 11.4 Å². The van der Waals surface area contributed by atoms with Gasteiger partial charge >= 0.3 is 0 Å². The predicted molar refractivity (Wildman–Crippen MR) is 116 cm³/mol. The molecule has 1 fully saturated rings. The van der Waals surface area contributed by atoms with Crippen LogP contribution in [-0.4, -0.2) is 56.1 Å². The monoisotopic (exact) mass is 429 g/mol. The Morgan fingerprint density at radius 1 is 1.03 bits per heavy atom. The smallest absolute Gasteiger partial charge is 0.255 e. The number of halogens is 1. The number of carbonyl (C=O) groups excluding carboxylic acids is 2. The highest BCUT2D eigenvalue weighted by Gasteiger charge is 2.24. The van der Waals surface area contributed by atoms with Gasteiger partial charge in [-0.2, -0.15) is 0 Å². The van der Waals surface area contributed by atoms with Crippen molar-refractivity contribution >= 4 is 34.8 Å². The molecule has 0 atom stereocenters. The van der Waals surface area contributed by atoms with E-state index in [0.717, 1.165) is 5.69 Å². The highest BCUT2D eigenvalue weighted by atomic mass is 35.5. The van der Waals surface area contributed by atoms with Crippen LogP contribution in [0.15, 0.2) is 36.4 Å². The maximum Gasteiger partial charge on any atom is 0.255 e. The van der Waals surface area contributed by atoms with Gasteiger partial charge in [0.15, 0.2) is 11.5 Å². The first-order valence-electron chi connectivity index (χ1n) is 10.1. The molecule has 2 heterocycles. The van der Waals surface area contributed by atoms with Crippen LogP contribution in [-0.2, 0) is 4.79 Å². The summed E-state index contributed by atoms with van der Waals surface area (Å²) >= 11 is 6.50. The third kappa shape index (κ3) is 4.16. The molecule has 2 amide bonds. The summed E-state index contributed by atoms with van der Waals surface area (Å²) in [5.74, 6) is 1.11. The van der Waals surface area contributed by atoms with Crippen LogP contribution in [0.25, 0.3) is 0 Å². The average Bonchev–Trinajstić information content (AvgIpc) is 2.78. The number of ether oxygens (including phenoxy) is 2. The molecule has 0 unspecified atom stereocenters. The summed E-state index contributed by atoms with van der Waals surface area (Å²) in [5, 5.41) is 3.54. The van der Waals surface area contributed by atoms with Gasteiger partial charge in [0.05, 0.1) is 16.4 Å². The van der Waals surface area contributed by atoms with Crippen molar-refractivity contribution in [3.05, 3.63) is 47.0 Å². The average molecular weight is 430 g/mol. The van der Waals surface area contributed by atoms with E-state index in [4.69, 9.17) is 21.1 Å². The third-order valence-corrected chi connectivity index (χ3v) is 5.60. The molecule has 2 aromatic carbocycles. The van der Waals surface area contributed by atoms with E-state index in [2.05, 4.69) is 10.2 Å². The van der Waals surface area contributed by atoms with Gasteiger partial charge in [-0.3, -0.25) is 9.59 Å². The number of nitrogens with one attached hydrogen (secondary N) is 1. The van der Waals surface area contributed by atoms with Gasteiger partial charge in [0.2, 0.25) is 5.91 Å². The van der Waals surface area contributed by atoms with Crippen molar-refractivity contribution in [3.63, 3.8) is 0 Å². The number of para-hydroxylation sites is 1. The minimum absolute atomic E-state index is 0.154. The fraction of sp³-hybridized carbons (Fsp3) is 0.364. The number of nitrogens with zero attached hydrogens (tertiary/aromatic N) is 2. The normalized spacial score (nSPS) is 15.7. The Morgan fingerprint density at radius 2 is 1.77 bits per heavy atom. The van der Waals surface area contributed by atoms with Crippen LogP contribution in [0.2, 0.25) is 5.02 Å². The van der Waals surface area contributed by atoms with Crippen LogP contribution in [0, 0.1) is 0 Å². The lowest BCUT2D eigenvalue weighted by atomic mass is 10.1. The van der Waals surface area contributed by atoms with Gasteiger partial charge in [0.1, 0.15) is 13.2 Å². The van der Waals surface area contributed by atoms with Gasteiger partial charge in [-0.1, -0.05) is 24.6 Å². The van der Waals surface area contributed by atoms with Crippen molar-refractivity contribution in [2.75, 3.05) is 49.6 Å². The molecular formula is C22H24ClN3O4. The molecule has 0 bridgehead atoms. The number of anilines is 2. The van der Waals surface area contributed by atoms with E-state index in [-0.39, 0.29) is 11.8 Å². The van der Waals surface area contributed by atoms with Crippen molar-refractivity contribution < 1.29 is 19.1 Å². The molecule has 2 aliphatic rings. The minimum Gasteiger partial charge on any atom is -0.486 e. The number of rotatable bonds is 4. The molecule has 2 aliphatic heterocycles. The van der Waals surface area contributed by atoms with Gasteiger partial charge in [-0.15, -0.1) is 0 Å². The van der Waals surface area contributed by atoms with Crippen LogP contribution in [0.5, 0.6) is 11.5 Å². The van der Waals surface area contributed by atoms with Gasteiger partial charge < -0.3 is 24.6 Å². The number of hydrogen-bond acceptors (Lipinski definition) is 5. The quantitative estimate of drug-likeness (QED) is 0.806. The summed E-state index contributed by atoms with van der Waals surface area (Å²) in [6.07, 6.45) is 0.503. The maximum atomic E-state index is 12.9. The Bertz CT molecular complexity index is 957. The minimum atomic E-state index is -0.254. The summed E-state index contributed by atoms with van der Waals surface area (Å²) in [6, 6.07) is 10.6. The van der Waals surface area contributed by atoms with E-state index in [0.29, 0.717) is 73.6 Å². The summed E-state index contributed by atoms with van der Waals surface area (Å²) in [7, 11) is 0. The van der Waals surface area contributed by atoms with Crippen LogP contribution in [0.1, 0.15) is 23.7 Å². The SMILES string of the molecule is CCC(=O)N1CCN(c2c(Cl)cccc2NC(=O)c2ccc3c(c2)OCCO3)CC1. The first-order valence-corrected chi connectivity index (χ1v) is 10.5. The second-order valence-corrected chi connectivity index (χ2v) is 7.58. The molecule has 0 spiro atoms. The molecule has 0 saturated carbocycles. The molecule has 158 valence electrons. The largest absolute Gasteiger partial charge is 0.486 e. The first kappa shape index (κ1) is 20.3. The zero-order valence-corrected chi connectivity index (χ0v) is 17.6. The lowest BCUT2D eigenvalue weighted by molar-refractivity contribution is -0.131. The second-order valence-electron chi connectivity index (χ2n) is 7.17. The zero-order chi connectivity index (χ0) is 21.1. The number of fused-ring (bicyclic) bond motifs is 1. The fourth-order valence-electron chi connectivity index (χ4n) is 3.72. The highest BCUT2D eigenvalue weighted by molar-refractivity contribution is 6.34. The van der Waals surface area contributed by atoms with Gasteiger partial charge in [-0.05, 0) is 30.3 Å². The number of carbonyl (C=O) groups is 2. The van der Waals surface area contributed by atoms with E-state index in [9.17, 15) is 9.59 Å². The van der Waals surface area contributed by atoms with Crippen LogP contribution in [0.3, 0.4) is 0 Å². The third-order valence-electron chi connectivity index (χ3n) is 5.29. The molecule has 1 saturated heterocycles. The first-order chi connectivity index (χ1) is 14.6. The summed E-state index contributed by atoms with van der Waals surface area (Å²) in [5.41, 5.74) is 1.88. The molecule has 4 rings (SSSR count). The molecular weight excluding hydrogens is 406 g/mol.